The number of carbonyl (C=O) groups is 1. The highest BCUT2D eigenvalue weighted by Crippen LogP contribution is 2.45. The molecule has 0 saturated heterocycles. The number of hydrogen-bond acceptors (Lipinski definition) is 3. The molecule has 2 atom stereocenters. The van der Waals surface area contributed by atoms with E-state index in [-0.39, 0.29) is 11.4 Å². The van der Waals surface area contributed by atoms with Crippen molar-refractivity contribution in [3.05, 3.63) is 23.8 Å². The Hall–Kier alpha value is -1.45. The summed E-state index contributed by atoms with van der Waals surface area (Å²) in [6, 6.07) is 0. The molecule has 0 aliphatic heterocycles. The molecular weight excluding hydrogens is 226 g/mol. The van der Waals surface area contributed by atoms with Gasteiger partial charge in [0.1, 0.15) is 5.69 Å². The Balaban J connectivity index is 1.75. The van der Waals surface area contributed by atoms with Crippen molar-refractivity contribution in [2.45, 2.75) is 51.0 Å². The molecule has 4 nitrogen and oxygen atoms in total. The summed E-state index contributed by atoms with van der Waals surface area (Å²) in [6.45, 7) is 1.86. The van der Waals surface area contributed by atoms with E-state index in [1.165, 1.54) is 19.3 Å². The van der Waals surface area contributed by atoms with E-state index >= 15 is 0 Å². The number of aromatic nitrogens is 2. The van der Waals surface area contributed by atoms with Crippen molar-refractivity contribution in [1.29, 1.82) is 0 Å². The third kappa shape index (κ3) is 2.11. The number of carbonyl (C=O) groups excluding carboxylic acids is 1. The maximum atomic E-state index is 12.2. The largest absolute Gasteiger partial charge is 0.345 e. The second-order valence-corrected chi connectivity index (χ2v) is 5.78. The van der Waals surface area contributed by atoms with Crippen LogP contribution in [0.1, 0.15) is 54.7 Å². The minimum Gasteiger partial charge on any atom is -0.345 e. The average molecular weight is 245 g/mol. The summed E-state index contributed by atoms with van der Waals surface area (Å²) >= 11 is 0. The van der Waals surface area contributed by atoms with Crippen LogP contribution < -0.4 is 5.32 Å². The van der Waals surface area contributed by atoms with Crippen molar-refractivity contribution in [3.63, 3.8) is 0 Å². The fourth-order valence-corrected chi connectivity index (χ4v) is 3.49. The summed E-state index contributed by atoms with van der Waals surface area (Å²) in [5.41, 5.74) is 1.28. The lowest BCUT2D eigenvalue weighted by atomic mass is 9.83. The van der Waals surface area contributed by atoms with Gasteiger partial charge >= 0.3 is 0 Å². The van der Waals surface area contributed by atoms with Gasteiger partial charge in [-0.1, -0.05) is 12.8 Å². The minimum absolute atomic E-state index is 0.0470. The van der Waals surface area contributed by atoms with E-state index in [1.807, 2.05) is 6.92 Å². The molecule has 1 aromatic heterocycles. The van der Waals surface area contributed by atoms with E-state index in [9.17, 15) is 4.79 Å². The van der Waals surface area contributed by atoms with Gasteiger partial charge < -0.3 is 5.32 Å². The minimum atomic E-state index is -0.0613. The molecule has 1 heterocycles. The topological polar surface area (TPSA) is 54.9 Å². The molecule has 2 saturated carbocycles. The van der Waals surface area contributed by atoms with E-state index in [1.54, 1.807) is 12.4 Å². The molecule has 0 radical (unpaired) electrons. The summed E-state index contributed by atoms with van der Waals surface area (Å²) in [5.74, 6) is 0.761. The van der Waals surface area contributed by atoms with Gasteiger partial charge in [-0.3, -0.25) is 9.78 Å². The number of rotatable bonds is 2. The fourth-order valence-electron chi connectivity index (χ4n) is 3.49. The van der Waals surface area contributed by atoms with Crippen LogP contribution in [0.4, 0.5) is 0 Å². The van der Waals surface area contributed by atoms with E-state index < -0.39 is 0 Å². The lowest BCUT2D eigenvalue weighted by Crippen LogP contribution is -2.48. The van der Waals surface area contributed by atoms with Crippen LogP contribution in [0.25, 0.3) is 0 Å². The zero-order chi connectivity index (χ0) is 12.6. The molecule has 0 unspecified atom stereocenters. The number of amides is 1. The van der Waals surface area contributed by atoms with E-state index in [0.717, 1.165) is 30.9 Å². The molecule has 3 rings (SSSR count). The smallest absolute Gasteiger partial charge is 0.271 e. The van der Waals surface area contributed by atoms with Crippen molar-refractivity contribution in [2.24, 2.45) is 5.92 Å². The third-order valence-corrected chi connectivity index (χ3v) is 4.34. The van der Waals surface area contributed by atoms with E-state index in [4.69, 9.17) is 0 Å². The van der Waals surface area contributed by atoms with Gasteiger partial charge in [0.25, 0.3) is 5.91 Å². The molecule has 0 spiro atoms. The Morgan fingerprint density at radius 1 is 1.39 bits per heavy atom. The maximum absolute atomic E-state index is 12.2. The molecule has 1 N–H and O–H groups in total. The van der Waals surface area contributed by atoms with Crippen LogP contribution in [0.3, 0.4) is 0 Å². The van der Waals surface area contributed by atoms with Crippen molar-refractivity contribution in [2.75, 3.05) is 0 Å². The first-order valence-electron chi connectivity index (χ1n) is 6.78. The molecule has 1 aromatic rings. The normalized spacial score (nSPS) is 30.2. The van der Waals surface area contributed by atoms with Gasteiger partial charge in [0.15, 0.2) is 0 Å². The van der Waals surface area contributed by atoms with Gasteiger partial charge in [-0.15, -0.1) is 0 Å². The first-order valence-corrected chi connectivity index (χ1v) is 6.78. The molecule has 4 heteroatoms. The Kier molecular flexibility index (Phi) is 2.80. The highest BCUT2D eigenvalue weighted by molar-refractivity contribution is 5.92. The third-order valence-electron chi connectivity index (χ3n) is 4.34. The monoisotopic (exact) mass is 245 g/mol. The summed E-state index contributed by atoms with van der Waals surface area (Å²) in [6.07, 6.45) is 10.5. The Labute approximate surface area is 107 Å². The summed E-state index contributed by atoms with van der Waals surface area (Å²) in [5, 5.41) is 3.23. The van der Waals surface area contributed by atoms with Crippen LogP contribution in [0.15, 0.2) is 12.4 Å². The van der Waals surface area contributed by atoms with Gasteiger partial charge in [0.2, 0.25) is 0 Å². The number of fused-ring (bicyclic) bond motifs is 2. The molecule has 2 bridgehead atoms. The van der Waals surface area contributed by atoms with Crippen LogP contribution in [0.5, 0.6) is 0 Å². The highest BCUT2D eigenvalue weighted by Gasteiger charge is 2.43. The standard InChI is InChI=1S/C14H19N3O/c1-10-8-15-9-12(16-10)13(18)17-14-5-2-3-11(7-14)4-6-14/h8-9,11H,2-7H2,1H3,(H,17,18)/t11-,14-/m0/s1. The average Bonchev–Trinajstić information content (AvgIpc) is 2.64. The molecule has 96 valence electrons. The zero-order valence-corrected chi connectivity index (χ0v) is 10.8. The van der Waals surface area contributed by atoms with Gasteiger partial charge in [-0.2, -0.15) is 0 Å². The van der Waals surface area contributed by atoms with Gasteiger partial charge in [-0.25, -0.2) is 4.98 Å². The number of hydrogen-bond donors (Lipinski definition) is 1. The molecule has 2 fully saturated rings. The Morgan fingerprint density at radius 2 is 2.28 bits per heavy atom. The van der Waals surface area contributed by atoms with E-state index in [2.05, 4.69) is 15.3 Å². The van der Waals surface area contributed by atoms with Gasteiger partial charge in [0.05, 0.1) is 11.9 Å². The van der Waals surface area contributed by atoms with Gasteiger partial charge in [0, 0.05) is 11.7 Å². The molecule has 2 aliphatic rings. The van der Waals surface area contributed by atoms with Crippen LogP contribution in [0, 0.1) is 12.8 Å². The number of nitrogens with zero attached hydrogens (tertiary/aromatic N) is 2. The van der Waals surface area contributed by atoms with Crippen LogP contribution >= 0.6 is 0 Å². The predicted molar refractivity (Wildman–Crippen MR) is 68.2 cm³/mol. The van der Waals surface area contributed by atoms with Crippen molar-refractivity contribution in [3.8, 4) is 0 Å². The number of aryl methyl sites for hydroxylation is 1. The van der Waals surface area contributed by atoms with Crippen molar-refractivity contribution in [1.82, 2.24) is 15.3 Å². The zero-order valence-electron chi connectivity index (χ0n) is 10.8. The fraction of sp³-hybridized carbons (Fsp3) is 0.643. The SMILES string of the molecule is Cc1cncc(C(=O)N[C@@]23CCC[C@@H](CC2)C3)n1. The molecule has 2 aliphatic carbocycles. The molecule has 0 aromatic carbocycles. The lowest BCUT2D eigenvalue weighted by molar-refractivity contribution is 0.0875. The van der Waals surface area contributed by atoms with Gasteiger partial charge in [-0.05, 0) is 38.5 Å². The van der Waals surface area contributed by atoms with Crippen LogP contribution in [-0.2, 0) is 0 Å². The predicted octanol–water partition coefficient (Wildman–Crippen LogP) is 2.24. The summed E-state index contributed by atoms with van der Waals surface area (Å²) in [4.78, 5) is 20.5. The van der Waals surface area contributed by atoms with Crippen molar-refractivity contribution >= 4 is 5.91 Å². The second kappa shape index (κ2) is 4.34. The first-order chi connectivity index (χ1) is 8.67. The van der Waals surface area contributed by atoms with Crippen LogP contribution in [0.2, 0.25) is 0 Å². The van der Waals surface area contributed by atoms with Crippen molar-refractivity contribution < 1.29 is 4.79 Å². The quantitative estimate of drug-likeness (QED) is 0.869. The van der Waals surface area contributed by atoms with Crippen LogP contribution in [-0.4, -0.2) is 21.4 Å². The second-order valence-electron chi connectivity index (χ2n) is 5.78. The first kappa shape index (κ1) is 11.6. The lowest BCUT2D eigenvalue weighted by Gasteiger charge is -2.34. The maximum Gasteiger partial charge on any atom is 0.271 e. The molecule has 1 amide bonds. The molecular formula is C14H19N3O. The Bertz CT molecular complexity index is 470. The summed E-state index contributed by atoms with van der Waals surface area (Å²) in [7, 11) is 0. The summed E-state index contributed by atoms with van der Waals surface area (Å²) < 4.78 is 0. The van der Waals surface area contributed by atoms with E-state index in [0.29, 0.717) is 5.69 Å². The molecule has 18 heavy (non-hydrogen) atoms. The Morgan fingerprint density at radius 3 is 3.11 bits per heavy atom. The number of nitrogens with one attached hydrogen (secondary N) is 1. The highest BCUT2D eigenvalue weighted by atomic mass is 16.2.